The van der Waals surface area contributed by atoms with E-state index in [1.54, 1.807) is 34.3 Å². The zero-order valence-electron chi connectivity index (χ0n) is 22.0. The van der Waals surface area contributed by atoms with Gasteiger partial charge in [-0.25, -0.2) is 9.97 Å². The average Bonchev–Trinajstić information content (AvgIpc) is 3.61. The van der Waals surface area contributed by atoms with Crippen molar-refractivity contribution < 1.29 is 18.3 Å². The van der Waals surface area contributed by atoms with Gasteiger partial charge >= 0.3 is 6.61 Å². The molecular weight excluding hydrogens is 538 g/mol. The van der Waals surface area contributed by atoms with Gasteiger partial charge in [-0.05, 0) is 56.1 Å². The summed E-state index contributed by atoms with van der Waals surface area (Å²) in [5.41, 5.74) is 3.50. The van der Waals surface area contributed by atoms with Gasteiger partial charge in [-0.1, -0.05) is 6.58 Å². The van der Waals surface area contributed by atoms with E-state index < -0.39 is 12.5 Å². The first kappa shape index (κ1) is 26.1. The summed E-state index contributed by atoms with van der Waals surface area (Å²) in [6.45, 7) is 2.93. The third kappa shape index (κ3) is 4.64. The number of hydrogen-bond acceptors (Lipinski definition) is 9. The van der Waals surface area contributed by atoms with Gasteiger partial charge in [-0.3, -0.25) is 14.4 Å². The quantitative estimate of drug-likeness (QED) is 0.292. The Kier molecular flexibility index (Phi) is 6.62. The highest BCUT2D eigenvalue weighted by Crippen LogP contribution is 2.45. The van der Waals surface area contributed by atoms with Crippen molar-refractivity contribution in [3.05, 3.63) is 48.5 Å². The van der Waals surface area contributed by atoms with Crippen LogP contribution < -0.4 is 20.3 Å². The van der Waals surface area contributed by atoms with Crippen molar-refractivity contribution in [2.24, 2.45) is 7.05 Å². The molecule has 0 unspecified atom stereocenters. The maximum Gasteiger partial charge on any atom is 0.387 e. The van der Waals surface area contributed by atoms with Crippen LogP contribution in [-0.4, -0.2) is 69.4 Å². The van der Waals surface area contributed by atoms with E-state index in [0.717, 1.165) is 35.7 Å². The number of nitrogens with one attached hydrogen (secondary N) is 2. The highest BCUT2D eigenvalue weighted by Gasteiger charge is 2.49. The molecule has 208 valence electrons. The number of ether oxygens (including phenoxy) is 1. The summed E-state index contributed by atoms with van der Waals surface area (Å²) in [7, 11) is 3.96. The van der Waals surface area contributed by atoms with Crippen molar-refractivity contribution in [2.45, 2.75) is 25.0 Å². The molecule has 0 radical (unpaired) electrons. The number of likely N-dealkylation sites (N-methyl/N-ethyl adjacent to an activating group) is 1. The summed E-state index contributed by atoms with van der Waals surface area (Å²) in [4.78, 5) is 25.6. The lowest BCUT2D eigenvalue weighted by Gasteiger charge is -2.53. The molecule has 10 nitrogen and oxygen atoms in total. The Morgan fingerprint density at radius 3 is 2.80 bits per heavy atom. The smallest absolute Gasteiger partial charge is 0.387 e. The van der Waals surface area contributed by atoms with Gasteiger partial charge in [-0.2, -0.15) is 13.9 Å². The maximum absolute atomic E-state index is 13.5. The number of alkyl halides is 2. The van der Waals surface area contributed by atoms with E-state index in [0.29, 0.717) is 35.9 Å². The zero-order valence-corrected chi connectivity index (χ0v) is 22.8. The Labute approximate surface area is 233 Å². The zero-order chi connectivity index (χ0) is 28.0. The molecule has 6 rings (SSSR count). The van der Waals surface area contributed by atoms with Gasteiger partial charge in [0.05, 0.1) is 38.5 Å². The molecule has 1 aromatic carbocycles. The minimum atomic E-state index is -3.06. The molecule has 2 aliphatic rings. The summed E-state index contributed by atoms with van der Waals surface area (Å²) in [5.74, 6) is -0.345. The van der Waals surface area contributed by atoms with Crippen LogP contribution in [0.5, 0.6) is 5.75 Å². The standard InChI is InChI=1S/C27H28F2N8O2S/c1-4-22(38)31-17-12-18(21(39-25(28)29)13-20(17)37-14-27(15-37)8-5-10-35(27)2)33-26-30-9-6-16(32-26)23-24-19(7-11-40-24)36(3)34-23/h4,6-7,9,11-13,25H,1,5,8,10,14-15H2,2-3H3,(H,31,38)(H,30,32,33). The molecule has 2 fully saturated rings. The summed E-state index contributed by atoms with van der Waals surface area (Å²) in [6.07, 6.45) is 4.91. The van der Waals surface area contributed by atoms with Crippen molar-refractivity contribution >= 4 is 50.5 Å². The first-order valence-electron chi connectivity index (χ1n) is 12.8. The summed E-state index contributed by atoms with van der Waals surface area (Å²) < 4.78 is 34.8. The molecule has 5 heterocycles. The lowest BCUT2D eigenvalue weighted by atomic mass is 9.86. The van der Waals surface area contributed by atoms with Crippen molar-refractivity contribution in [2.75, 3.05) is 42.2 Å². The number of aryl methyl sites for hydroxylation is 1. The molecule has 1 spiro atoms. The number of rotatable bonds is 8. The number of carbonyl (C=O) groups is 1. The molecule has 3 aromatic heterocycles. The second kappa shape index (κ2) is 10.1. The molecule has 40 heavy (non-hydrogen) atoms. The fourth-order valence-electron chi connectivity index (χ4n) is 5.54. The molecule has 2 N–H and O–H groups in total. The van der Waals surface area contributed by atoms with Gasteiger partial charge in [-0.15, -0.1) is 11.3 Å². The topological polar surface area (TPSA) is 100 Å². The first-order valence-corrected chi connectivity index (χ1v) is 13.7. The minimum Gasteiger partial charge on any atom is -0.433 e. The number of nitrogens with zero attached hydrogens (tertiary/aromatic N) is 6. The molecule has 13 heteroatoms. The lowest BCUT2D eigenvalue weighted by Crippen LogP contribution is -2.67. The largest absolute Gasteiger partial charge is 0.433 e. The van der Waals surface area contributed by atoms with Crippen LogP contribution in [0, 0.1) is 0 Å². The van der Waals surface area contributed by atoms with E-state index in [1.807, 2.05) is 18.5 Å². The van der Waals surface area contributed by atoms with Gasteiger partial charge in [0.15, 0.2) is 5.75 Å². The number of anilines is 4. The van der Waals surface area contributed by atoms with Gasteiger partial charge in [0, 0.05) is 32.4 Å². The van der Waals surface area contributed by atoms with Crippen LogP contribution in [0.1, 0.15) is 12.8 Å². The number of fused-ring (bicyclic) bond motifs is 1. The Morgan fingerprint density at radius 2 is 2.08 bits per heavy atom. The number of hydrogen-bond donors (Lipinski definition) is 2. The van der Waals surface area contributed by atoms with Gasteiger partial charge in [0.2, 0.25) is 11.9 Å². The summed E-state index contributed by atoms with van der Waals surface area (Å²) in [5, 5.41) is 12.4. The predicted octanol–water partition coefficient (Wildman–Crippen LogP) is 4.85. The normalized spacial score (nSPS) is 16.5. The third-order valence-corrected chi connectivity index (χ3v) is 8.53. The van der Waals surface area contributed by atoms with Crippen LogP contribution in [0.3, 0.4) is 0 Å². The number of thiophene rings is 1. The SMILES string of the molecule is C=CC(=O)Nc1cc(Nc2nccc(-c3nn(C)c4ccsc34)n2)c(OC(F)F)cc1N1CC2(CCCN2C)C1. The molecule has 0 bridgehead atoms. The van der Waals surface area contributed by atoms with Crippen LogP contribution in [0.2, 0.25) is 0 Å². The number of halogens is 2. The van der Waals surface area contributed by atoms with Crippen molar-refractivity contribution in [1.29, 1.82) is 0 Å². The number of likely N-dealkylation sites (tertiary alicyclic amines) is 1. The van der Waals surface area contributed by atoms with Crippen LogP contribution in [0.4, 0.5) is 31.8 Å². The second-order valence-corrected chi connectivity index (χ2v) is 11.0. The highest BCUT2D eigenvalue weighted by molar-refractivity contribution is 7.17. The fraction of sp³-hybridized carbons (Fsp3) is 0.333. The van der Waals surface area contributed by atoms with E-state index in [4.69, 9.17) is 4.74 Å². The first-order chi connectivity index (χ1) is 19.3. The Hall–Kier alpha value is -4.10. The molecule has 1 amide bonds. The Morgan fingerprint density at radius 1 is 1.25 bits per heavy atom. The van der Waals surface area contributed by atoms with E-state index >= 15 is 0 Å². The molecule has 2 aliphatic heterocycles. The molecule has 0 saturated carbocycles. The minimum absolute atomic E-state index is 0.0497. The van der Waals surface area contributed by atoms with Crippen LogP contribution in [0.25, 0.3) is 21.6 Å². The van der Waals surface area contributed by atoms with E-state index in [2.05, 4.69) is 49.1 Å². The molecule has 0 atom stereocenters. The average molecular weight is 567 g/mol. The maximum atomic E-state index is 13.5. The number of benzene rings is 1. The third-order valence-electron chi connectivity index (χ3n) is 7.62. The van der Waals surface area contributed by atoms with Crippen molar-refractivity contribution in [3.8, 4) is 17.1 Å². The Bertz CT molecular complexity index is 1600. The van der Waals surface area contributed by atoms with Crippen molar-refractivity contribution in [3.63, 3.8) is 0 Å². The van der Waals surface area contributed by atoms with Crippen LogP contribution in [-0.2, 0) is 11.8 Å². The number of carbonyl (C=O) groups excluding carboxylic acids is 1. The van der Waals surface area contributed by atoms with Gasteiger partial charge < -0.3 is 20.3 Å². The fourth-order valence-corrected chi connectivity index (χ4v) is 6.45. The number of aromatic nitrogens is 4. The monoisotopic (exact) mass is 566 g/mol. The molecular formula is C27H28F2N8O2S. The molecule has 0 aliphatic carbocycles. The van der Waals surface area contributed by atoms with Gasteiger partial charge in [0.1, 0.15) is 5.69 Å². The van der Waals surface area contributed by atoms with E-state index in [1.165, 1.54) is 6.07 Å². The molecule has 4 aromatic rings. The highest BCUT2D eigenvalue weighted by atomic mass is 32.1. The van der Waals surface area contributed by atoms with E-state index in [-0.39, 0.29) is 22.9 Å². The lowest BCUT2D eigenvalue weighted by molar-refractivity contribution is -0.111. The summed E-state index contributed by atoms with van der Waals surface area (Å²) >= 11 is 1.55. The summed E-state index contributed by atoms with van der Waals surface area (Å²) in [6, 6.07) is 6.80. The molecule has 2 saturated heterocycles. The van der Waals surface area contributed by atoms with Crippen LogP contribution >= 0.6 is 11.3 Å². The second-order valence-electron chi connectivity index (χ2n) is 10.0. The van der Waals surface area contributed by atoms with Crippen molar-refractivity contribution in [1.82, 2.24) is 24.6 Å². The van der Waals surface area contributed by atoms with Crippen LogP contribution in [0.15, 0.2) is 48.5 Å². The van der Waals surface area contributed by atoms with E-state index in [9.17, 15) is 13.6 Å². The van der Waals surface area contributed by atoms with Gasteiger partial charge in [0.25, 0.3) is 0 Å². The Balaban J connectivity index is 1.36. The predicted molar refractivity (Wildman–Crippen MR) is 152 cm³/mol. The number of amides is 1.